The van der Waals surface area contributed by atoms with Gasteiger partial charge < -0.3 is 14.5 Å². The van der Waals surface area contributed by atoms with Crippen LogP contribution in [0.1, 0.15) is 44.8 Å². The number of anilines is 1. The van der Waals surface area contributed by atoms with Crippen LogP contribution in [0.3, 0.4) is 0 Å². The Kier molecular flexibility index (Phi) is 5.06. The van der Waals surface area contributed by atoms with Gasteiger partial charge >= 0.3 is 0 Å². The Bertz CT molecular complexity index is 1450. The lowest BCUT2D eigenvalue weighted by atomic mass is 10.0. The van der Waals surface area contributed by atoms with Crippen LogP contribution in [0, 0.1) is 0 Å². The van der Waals surface area contributed by atoms with Crippen molar-refractivity contribution in [1.29, 1.82) is 0 Å². The summed E-state index contributed by atoms with van der Waals surface area (Å²) in [5.74, 6) is -0.600. The van der Waals surface area contributed by atoms with Crippen LogP contribution < -0.4 is 15.0 Å². The summed E-state index contributed by atoms with van der Waals surface area (Å²) < 4.78 is 6.80. The molecule has 0 saturated carbocycles. The van der Waals surface area contributed by atoms with E-state index in [1.54, 1.807) is 36.4 Å². The molecule has 4 heterocycles. The fourth-order valence-corrected chi connectivity index (χ4v) is 5.03. The van der Waals surface area contributed by atoms with Crippen molar-refractivity contribution in [3.8, 4) is 11.4 Å². The summed E-state index contributed by atoms with van der Waals surface area (Å²) in [5, 5.41) is 10.5. The van der Waals surface area contributed by atoms with Gasteiger partial charge in [0.05, 0.1) is 24.7 Å². The Labute approximate surface area is 205 Å². The third-order valence-corrected chi connectivity index (χ3v) is 6.92. The molecule has 1 saturated heterocycles. The number of carbonyl (C=O) groups excluding carboxylic acids is 4. The van der Waals surface area contributed by atoms with E-state index in [1.807, 2.05) is 18.2 Å². The van der Waals surface area contributed by atoms with Gasteiger partial charge in [-0.3, -0.25) is 24.5 Å². The number of carbonyl (C=O) groups is 4. The molecule has 1 N–H and O–H groups in total. The minimum absolute atomic E-state index is 0.200. The van der Waals surface area contributed by atoms with Crippen LogP contribution in [0.4, 0.5) is 5.69 Å². The maximum absolute atomic E-state index is 13.2. The summed E-state index contributed by atoms with van der Waals surface area (Å²) in [4.78, 5) is 53.0. The Balaban J connectivity index is 1.22. The Hall–Kier alpha value is -4.54. The molecule has 36 heavy (non-hydrogen) atoms. The highest BCUT2D eigenvalue weighted by Crippen LogP contribution is 2.33. The molecule has 1 atom stereocenters. The lowest BCUT2D eigenvalue weighted by Crippen LogP contribution is -2.52. The number of fused-ring (bicyclic) bond motifs is 2. The molecule has 4 amide bonds. The fourth-order valence-electron chi connectivity index (χ4n) is 5.03. The second-order valence-electron chi connectivity index (χ2n) is 8.99. The van der Waals surface area contributed by atoms with Gasteiger partial charge in [0.25, 0.3) is 11.8 Å². The first kappa shape index (κ1) is 22.0. The Morgan fingerprint density at radius 2 is 1.94 bits per heavy atom. The first-order valence-corrected chi connectivity index (χ1v) is 11.6. The average Bonchev–Trinajstić information content (AvgIpc) is 3.61. The van der Waals surface area contributed by atoms with Crippen LogP contribution >= 0.6 is 0 Å². The van der Waals surface area contributed by atoms with E-state index in [9.17, 15) is 19.2 Å². The molecule has 0 bridgehead atoms. The van der Waals surface area contributed by atoms with Gasteiger partial charge in [-0.1, -0.05) is 11.3 Å². The minimum Gasteiger partial charge on any atom is -0.497 e. The molecular weight excluding hydrogens is 464 g/mol. The van der Waals surface area contributed by atoms with E-state index in [4.69, 9.17) is 4.74 Å². The van der Waals surface area contributed by atoms with E-state index < -0.39 is 11.9 Å². The molecule has 1 unspecified atom stereocenters. The van der Waals surface area contributed by atoms with Gasteiger partial charge in [-0.15, -0.1) is 5.10 Å². The normalized spacial score (nSPS) is 18.8. The fraction of sp³-hybridized carbons (Fsp3) is 0.280. The number of nitrogens with one attached hydrogen (secondary N) is 1. The van der Waals surface area contributed by atoms with E-state index in [-0.39, 0.29) is 36.4 Å². The van der Waals surface area contributed by atoms with Crippen LogP contribution in [0.2, 0.25) is 0 Å². The second-order valence-corrected chi connectivity index (χ2v) is 8.99. The molecule has 1 fully saturated rings. The number of benzene rings is 2. The van der Waals surface area contributed by atoms with E-state index in [1.165, 1.54) is 9.58 Å². The minimum atomic E-state index is -0.677. The molecule has 0 radical (unpaired) electrons. The van der Waals surface area contributed by atoms with Crippen LogP contribution in [-0.4, -0.2) is 63.2 Å². The molecule has 3 aromatic rings. The highest BCUT2D eigenvalue weighted by molar-refractivity contribution is 6.06. The number of piperidine rings is 1. The van der Waals surface area contributed by atoms with Gasteiger partial charge in [-0.25, -0.2) is 4.68 Å². The number of rotatable bonds is 4. The highest BCUT2D eigenvalue weighted by Gasteiger charge is 2.39. The van der Waals surface area contributed by atoms with Crippen molar-refractivity contribution in [2.24, 2.45) is 0 Å². The predicted molar refractivity (Wildman–Crippen MR) is 126 cm³/mol. The monoisotopic (exact) mass is 486 g/mol. The van der Waals surface area contributed by atoms with E-state index in [2.05, 4.69) is 15.6 Å². The van der Waals surface area contributed by atoms with Gasteiger partial charge in [0, 0.05) is 31.1 Å². The summed E-state index contributed by atoms with van der Waals surface area (Å²) in [5.41, 5.74) is 3.96. The maximum atomic E-state index is 13.2. The van der Waals surface area contributed by atoms with Crippen molar-refractivity contribution in [2.45, 2.75) is 31.8 Å². The summed E-state index contributed by atoms with van der Waals surface area (Å²) in [7, 11) is 1.59. The van der Waals surface area contributed by atoms with Crippen molar-refractivity contribution in [1.82, 2.24) is 25.2 Å². The van der Waals surface area contributed by atoms with Gasteiger partial charge in [-0.2, -0.15) is 0 Å². The molecule has 182 valence electrons. The summed E-state index contributed by atoms with van der Waals surface area (Å²) in [6.07, 6.45) is 2.82. The number of methoxy groups -OCH3 is 1. The molecule has 2 aromatic carbocycles. The largest absolute Gasteiger partial charge is 0.497 e. The van der Waals surface area contributed by atoms with E-state index >= 15 is 0 Å². The molecular formula is C25H22N6O5. The third kappa shape index (κ3) is 3.51. The zero-order chi connectivity index (χ0) is 25.0. The molecule has 3 aliphatic rings. The summed E-state index contributed by atoms with van der Waals surface area (Å²) >= 11 is 0. The lowest BCUT2D eigenvalue weighted by Gasteiger charge is -2.29. The van der Waals surface area contributed by atoms with Gasteiger partial charge in [0.1, 0.15) is 11.8 Å². The number of hydrogen-bond donors (Lipinski definition) is 1. The zero-order valence-corrected chi connectivity index (χ0v) is 19.4. The first-order chi connectivity index (χ1) is 17.4. The number of hydrogen-bond acceptors (Lipinski definition) is 7. The molecule has 0 aliphatic carbocycles. The van der Waals surface area contributed by atoms with Gasteiger partial charge in [-0.05, 0) is 48.2 Å². The SMILES string of the molecule is COc1ccc2c(c1)N(C(=O)c1cn(-c3ccc4c(c3)CN(C3CCC(=O)NC3=O)C4=O)nn1)CC2. The van der Waals surface area contributed by atoms with Crippen LogP contribution in [0.5, 0.6) is 5.75 Å². The van der Waals surface area contributed by atoms with Crippen molar-refractivity contribution in [2.75, 3.05) is 18.6 Å². The molecule has 11 heteroatoms. The molecule has 11 nitrogen and oxygen atoms in total. The van der Waals surface area contributed by atoms with Crippen molar-refractivity contribution < 1.29 is 23.9 Å². The molecule has 3 aliphatic heterocycles. The molecule has 0 spiro atoms. The zero-order valence-electron chi connectivity index (χ0n) is 19.4. The highest BCUT2D eigenvalue weighted by atomic mass is 16.5. The first-order valence-electron chi connectivity index (χ1n) is 11.6. The summed E-state index contributed by atoms with van der Waals surface area (Å²) in [6, 6.07) is 10.2. The van der Waals surface area contributed by atoms with Crippen LogP contribution in [-0.2, 0) is 22.6 Å². The lowest BCUT2D eigenvalue weighted by molar-refractivity contribution is -0.136. The summed E-state index contributed by atoms with van der Waals surface area (Å²) in [6.45, 7) is 0.798. The Morgan fingerprint density at radius 3 is 2.75 bits per heavy atom. The van der Waals surface area contributed by atoms with E-state index in [0.29, 0.717) is 30.0 Å². The molecule has 6 rings (SSSR count). The molecule has 1 aromatic heterocycles. The van der Waals surface area contributed by atoms with Crippen molar-refractivity contribution >= 4 is 29.3 Å². The van der Waals surface area contributed by atoms with Crippen molar-refractivity contribution in [3.05, 3.63) is 65.0 Å². The average molecular weight is 486 g/mol. The van der Waals surface area contributed by atoms with Crippen molar-refractivity contribution in [3.63, 3.8) is 0 Å². The number of imide groups is 1. The van der Waals surface area contributed by atoms with E-state index in [0.717, 1.165) is 23.2 Å². The van der Waals surface area contributed by atoms with Gasteiger partial charge in [0.15, 0.2) is 5.69 Å². The van der Waals surface area contributed by atoms with Crippen LogP contribution in [0.15, 0.2) is 42.6 Å². The smallest absolute Gasteiger partial charge is 0.280 e. The number of nitrogens with zero attached hydrogens (tertiary/aromatic N) is 5. The maximum Gasteiger partial charge on any atom is 0.280 e. The predicted octanol–water partition coefficient (Wildman–Crippen LogP) is 1.24. The van der Waals surface area contributed by atoms with Gasteiger partial charge in [0.2, 0.25) is 11.8 Å². The number of amides is 4. The van der Waals surface area contributed by atoms with Crippen LogP contribution in [0.25, 0.3) is 5.69 Å². The topological polar surface area (TPSA) is 127 Å². The second kappa shape index (κ2) is 8.29. The quantitative estimate of drug-likeness (QED) is 0.550. The number of ether oxygens (including phenoxy) is 1. The number of aromatic nitrogens is 3. The Morgan fingerprint density at radius 1 is 1.08 bits per heavy atom. The standard InChI is InChI=1S/C25H22N6O5/c1-36-17-4-2-14-8-9-29(21(14)11-17)25(35)19-13-31(28-27-19)16-3-5-18-15(10-16)12-30(24(18)34)20-6-7-22(32)26-23(20)33/h2-5,10-11,13,20H,6-9,12H2,1H3,(H,26,32,33). The third-order valence-electron chi connectivity index (χ3n) is 6.92.